The van der Waals surface area contributed by atoms with E-state index < -0.39 is 0 Å². The summed E-state index contributed by atoms with van der Waals surface area (Å²) in [5.74, 6) is 0. The van der Waals surface area contributed by atoms with E-state index >= 15 is 0 Å². The number of carbonyl (C=O) groups is 1. The third-order valence-electron chi connectivity index (χ3n) is 2.34. The predicted octanol–water partition coefficient (Wildman–Crippen LogP) is 3.57. The summed E-state index contributed by atoms with van der Waals surface area (Å²) in [7, 11) is 0. The van der Waals surface area contributed by atoms with E-state index in [1.807, 2.05) is 47.9 Å². The van der Waals surface area contributed by atoms with Crippen LogP contribution in [0.25, 0.3) is 5.57 Å². The fraction of sp³-hybridized carbons (Fsp3) is 0.0714. The number of hydrogen-bond donors (Lipinski definition) is 0. The van der Waals surface area contributed by atoms with Crippen molar-refractivity contribution in [3.05, 3.63) is 64.4 Å². The van der Waals surface area contributed by atoms with Crippen molar-refractivity contribution >= 4 is 23.2 Å². The number of benzene rings is 1. The van der Waals surface area contributed by atoms with Gasteiger partial charge in [-0.25, -0.2) is 0 Å². The van der Waals surface area contributed by atoms with Gasteiger partial charge in [-0.3, -0.25) is 4.79 Å². The van der Waals surface area contributed by atoms with E-state index in [1.165, 1.54) is 4.88 Å². The van der Waals surface area contributed by atoms with Crippen LogP contribution in [0, 0.1) is 0 Å². The summed E-state index contributed by atoms with van der Waals surface area (Å²) in [4.78, 5) is 12.3. The molecule has 0 atom stereocenters. The molecule has 2 aromatic rings. The Balaban J connectivity index is 2.17. The molecule has 16 heavy (non-hydrogen) atoms. The van der Waals surface area contributed by atoms with Crippen LogP contribution in [0.15, 0.2) is 53.9 Å². The van der Waals surface area contributed by atoms with Crippen LogP contribution < -0.4 is 0 Å². The van der Waals surface area contributed by atoms with Crippen molar-refractivity contribution in [2.75, 3.05) is 0 Å². The van der Waals surface area contributed by atoms with Gasteiger partial charge in [0.2, 0.25) is 0 Å². The molecule has 0 saturated carbocycles. The molecule has 0 amide bonds. The molecule has 1 heterocycles. The topological polar surface area (TPSA) is 17.1 Å². The van der Waals surface area contributed by atoms with Crippen LogP contribution >= 0.6 is 11.3 Å². The molecular weight excluding hydrogens is 216 g/mol. The Kier molecular flexibility index (Phi) is 3.67. The van der Waals surface area contributed by atoms with Crippen molar-refractivity contribution in [3.8, 4) is 0 Å². The molecule has 0 fully saturated rings. The highest BCUT2D eigenvalue weighted by atomic mass is 32.1. The molecule has 2 heteroatoms. The summed E-state index contributed by atoms with van der Waals surface area (Å²) in [5, 5.41) is 2.05. The Labute approximate surface area is 99.1 Å². The summed E-state index contributed by atoms with van der Waals surface area (Å²) in [5.41, 5.74) is 1.74. The molecule has 1 aromatic heterocycles. The molecule has 0 aliphatic rings. The molecule has 0 saturated heterocycles. The smallest absolute Gasteiger partial charge is 0.150 e. The van der Waals surface area contributed by atoms with Crippen LogP contribution in [0.3, 0.4) is 0 Å². The zero-order valence-corrected chi connectivity index (χ0v) is 9.61. The number of rotatable bonds is 4. The molecule has 0 aliphatic heterocycles. The lowest BCUT2D eigenvalue weighted by Gasteiger charge is -1.99. The molecule has 80 valence electrons. The van der Waals surface area contributed by atoms with E-state index in [0.29, 0.717) is 0 Å². The quantitative estimate of drug-likeness (QED) is 0.577. The lowest BCUT2D eigenvalue weighted by Crippen LogP contribution is -1.86. The van der Waals surface area contributed by atoms with Gasteiger partial charge in [0.15, 0.2) is 0 Å². The fourth-order valence-corrected chi connectivity index (χ4v) is 2.17. The molecule has 0 radical (unpaired) electrons. The maximum atomic E-state index is 11.0. The lowest BCUT2D eigenvalue weighted by atomic mass is 10.1. The van der Waals surface area contributed by atoms with Crippen LogP contribution in [-0.4, -0.2) is 6.29 Å². The molecule has 0 N–H and O–H groups in total. The average Bonchev–Trinajstić information content (AvgIpc) is 2.84. The maximum absolute atomic E-state index is 11.0. The monoisotopic (exact) mass is 228 g/mol. The molecule has 2 rings (SSSR count). The van der Waals surface area contributed by atoms with Gasteiger partial charge in [0.05, 0.1) is 0 Å². The first kappa shape index (κ1) is 10.8. The molecule has 0 aliphatic carbocycles. The Morgan fingerprint density at radius 3 is 2.56 bits per heavy atom. The van der Waals surface area contributed by atoms with Gasteiger partial charge < -0.3 is 0 Å². The minimum Gasteiger partial charge on any atom is -0.298 e. The summed E-state index contributed by atoms with van der Waals surface area (Å²) >= 11 is 1.71. The van der Waals surface area contributed by atoms with Crippen LogP contribution in [0.2, 0.25) is 0 Å². The average molecular weight is 228 g/mol. The zero-order valence-electron chi connectivity index (χ0n) is 8.80. The Morgan fingerprint density at radius 2 is 1.94 bits per heavy atom. The van der Waals surface area contributed by atoms with Crippen molar-refractivity contribution in [3.63, 3.8) is 0 Å². The Hall–Kier alpha value is -1.67. The first-order valence-electron chi connectivity index (χ1n) is 5.13. The van der Waals surface area contributed by atoms with Gasteiger partial charge in [-0.2, -0.15) is 0 Å². The van der Waals surface area contributed by atoms with E-state index in [1.54, 1.807) is 11.3 Å². The van der Waals surface area contributed by atoms with E-state index in [2.05, 4.69) is 6.07 Å². The third-order valence-corrected chi connectivity index (χ3v) is 3.24. The highest BCUT2D eigenvalue weighted by Gasteiger charge is 1.99. The van der Waals surface area contributed by atoms with Gasteiger partial charge in [-0.15, -0.1) is 11.3 Å². The van der Waals surface area contributed by atoms with Crippen molar-refractivity contribution in [2.24, 2.45) is 0 Å². The van der Waals surface area contributed by atoms with Crippen LogP contribution in [0.5, 0.6) is 0 Å². The molecule has 1 aromatic carbocycles. The van der Waals surface area contributed by atoms with E-state index in [4.69, 9.17) is 0 Å². The number of thiophene rings is 1. The highest BCUT2D eigenvalue weighted by molar-refractivity contribution is 7.09. The largest absolute Gasteiger partial charge is 0.298 e. The number of allylic oxidation sites excluding steroid dienone is 2. The predicted molar refractivity (Wildman–Crippen MR) is 68.5 cm³/mol. The van der Waals surface area contributed by atoms with E-state index in [9.17, 15) is 4.79 Å². The van der Waals surface area contributed by atoms with Crippen molar-refractivity contribution in [2.45, 2.75) is 6.42 Å². The van der Waals surface area contributed by atoms with Crippen molar-refractivity contribution in [1.82, 2.24) is 0 Å². The van der Waals surface area contributed by atoms with E-state index in [0.717, 1.165) is 23.8 Å². The zero-order chi connectivity index (χ0) is 11.2. The van der Waals surface area contributed by atoms with Crippen molar-refractivity contribution in [1.29, 1.82) is 0 Å². The van der Waals surface area contributed by atoms with Crippen LogP contribution in [0.1, 0.15) is 10.4 Å². The first-order valence-corrected chi connectivity index (χ1v) is 6.01. The van der Waals surface area contributed by atoms with Crippen molar-refractivity contribution < 1.29 is 4.79 Å². The Bertz CT molecular complexity index is 469. The second-order valence-electron chi connectivity index (χ2n) is 3.43. The van der Waals surface area contributed by atoms with Gasteiger partial charge in [-0.1, -0.05) is 42.5 Å². The SMILES string of the molecule is O=C/C(=C/Cc1cccs1)c1ccccc1. The lowest BCUT2D eigenvalue weighted by molar-refractivity contribution is -0.103. The van der Waals surface area contributed by atoms with Crippen LogP contribution in [-0.2, 0) is 11.2 Å². The summed E-state index contributed by atoms with van der Waals surface area (Å²) in [6.45, 7) is 0. The van der Waals surface area contributed by atoms with Gasteiger partial charge >= 0.3 is 0 Å². The first-order chi connectivity index (χ1) is 7.90. The normalized spacial score (nSPS) is 11.4. The molecule has 0 unspecified atom stereocenters. The summed E-state index contributed by atoms with van der Waals surface area (Å²) in [6, 6.07) is 13.8. The maximum Gasteiger partial charge on any atom is 0.150 e. The van der Waals surface area contributed by atoms with Gasteiger partial charge in [0.25, 0.3) is 0 Å². The molecular formula is C14H12OS. The second-order valence-corrected chi connectivity index (χ2v) is 4.46. The standard InChI is InChI=1S/C14H12OS/c15-11-13(12-5-2-1-3-6-12)8-9-14-7-4-10-16-14/h1-8,10-11H,9H2/b13-8-. The molecule has 0 spiro atoms. The molecule has 0 bridgehead atoms. The van der Waals surface area contributed by atoms with E-state index in [-0.39, 0.29) is 0 Å². The minimum atomic E-state index is 0.758. The van der Waals surface area contributed by atoms with Gasteiger partial charge in [0.1, 0.15) is 6.29 Å². The summed E-state index contributed by atoms with van der Waals surface area (Å²) < 4.78 is 0. The minimum absolute atomic E-state index is 0.758. The number of carbonyl (C=O) groups excluding carboxylic acids is 1. The second kappa shape index (κ2) is 5.42. The fourth-order valence-electron chi connectivity index (χ4n) is 1.50. The highest BCUT2D eigenvalue weighted by Crippen LogP contribution is 2.15. The Morgan fingerprint density at radius 1 is 1.12 bits per heavy atom. The number of aldehydes is 1. The van der Waals surface area contributed by atoms with Gasteiger partial charge in [0, 0.05) is 16.9 Å². The molecule has 1 nitrogen and oxygen atoms in total. The summed E-state index contributed by atoms with van der Waals surface area (Å²) in [6.07, 6.45) is 3.72. The van der Waals surface area contributed by atoms with Gasteiger partial charge in [-0.05, 0) is 17.0 Å². The van der Waals surface area contributed by atoms with Crippen LogP contribution in [0.4, 0.5) is 0 Å². The third kappa shape index (κ3) is 2.67. The number of hydrogen-bond acceptors (Lipinski definition) is 2.